The van der Waals surface area contributed by atoms with Crippen LogP contribution in [0.5, 0.6) is 11.5 Å². The second kappa shape index (κ2) is 8.69. The van der Waals surface area contributed by atoms with Gasteiger partial charge in [-0.2, -0.15) is 0 Å². The lowest BCUT2D eigenvalue weighted by molar-refractivity contribution is -0.123. The second-order valence-corrected chi connectivity index (χ2v) is 7.32. The molecule has 2 aromatic carbocycles. The van der Waals surface area contributed by atoms with Gasteiger partial charge in [0, 0.05) is 0 Å². The van der Waals surface area contributed by atoms with Gasteiger partial charge in [-0.1, -0.05) is 41.4 Å². The molecule has 1 aliphatic rings. The van der Waals surface area contributed by atoms with E-state index in [-0.39, 0.29) is 24.3 Å². The molecule has 140 valence electrons. The van der Waals surface area contributed by atoms with Gasteiger partial charge in [0.05, 0.1) is 28.6 Å². The molecule has 0 bridgehead atoms. The number of carbonyl (C=O) groups excluding carboxylic acids is 2. The highest BCUT2D eigenvalue weighted by Crippen LogP contribution is 2.37. The van der Waals surface area contributed by atoms with Crippen molar-refractivity contribution in [3.05, 3.63) is 63.0 Å². The minimum Gasteiger partial charge on any atom is -0.494 e. The first-order valence-corrected chi connectivity index (χ1v) is 9.53. The molecule has 2 amide bonds. The average molecular weight is 424 g/mol. The van der Waals surface area contributed by atoms with Crippen molar-refractivity contribution in [2.75, 3.05) is 20.3 Å². The number of methoxy groups -OCH3 is 1. The third-order valence-electron chi connectivity index (χ3n) is 3.72. The number of imide groups is 1. The normalized spacial score (nSPS) is 15.5. The monoisotopic (exact) mass is 423 g/mol. The van der Waals surface area contributed by atoms with Gasteiger partial charge in [0.2, 0.25) is 0 Å². The fourth-order valence-electron chi connectivity index (χ4n) is 2.47. The molecule has 27 heavy (non-hydrogen) atoms. The number of para-hydroxylation sites is 1. The zero-order valence-corrected chi connectivity index (χ0v) is 16.6. The van der Waals surface area contributed by atoms with Crippen molar-refractivity contribution in [3.8, 4) is 11.5 Å². The van der Waals surface area contributed by atoms with E-state index in [0.29, 0.717) is 32.0 Å². The molecule has 1 fully saturated rings. The highest BCUT2D eigenvalue weighted by Gasteiger charge is 2.34. The number of amides is 2. The minimum absolute atomic E-state index is 0.168. The Morgan fingerprint density at radius 1 is 1.11 bits per heavy atom. The van der Waals surface area contributed by atoms with E-state index in [4.69, 9.17) is 32.7 Å². The third-order valence-corrected chi connectivity index (χ3v) is 5.19. The Labute approximate surface area is 170 Å². The molecule has 0 atom stereocenters. The van der Waals surface area contributed by atoms with E-state index >= 15 is 0 Å². The molecule has 3 rings (SSSR count). The SMILES string of the molecule is COc1c(Cl)cc(/C=C2\SC(=O)N(CCOc3ccccc3)C2=O)cc1Cl. The molecule has 1 saturated heterocycles. The van der Waals surface area contributed by atoms with Crippen LogP contribution in [-0.4, -0.2) is 36.3 Å². The zero-order valence-electron chi connectivity index (χ0n) is 14.3. The van der Waals surface area contributed by atoms with Crippen LogP contribution in [0.3, 0.4) is 0 Å². The number of nitrogens with zero attached hydrogens (tertiary/aromatic N) is 1. The van der Waals surface area contributed by atoms with E-state index in [9.17, 15) is 9.59 Å². The number of rotatable bonds is 6. The molecule has 0 saturated carbocycles. The Balaban J connectivity index is 1.69. The maximum Gasteiger partial charge on any atom is 0.293 e. The molecule has 0 aromatic heterocycles. The lowest BCUT2D eigenvalue weighted by Gasteiger charge is -2.13. The molecule has 0 spiro atoms. The first kappa shape index (κ1) is 19.6. The lowest BCUT2D eigenvalue weighted by atomic mass is 10.2. The van der Waals surface area contributed by atoms with Gasteiger partial charge in [-0.15, -0.1) is 0 Å². The Morgan fingerprint density at radius 2 is 1.78 bits per heavy atom. The fraction of sp³-hybridized carbons (Fsp3) is 0.158. The topological polar surface area (TPSA) is 55.8 Å². The number of hydrogen-bond acceptors (Lipinski definition) is 5. The second-order valence-electron chi connectivity index (χ2n) is 5.51. The molecule has 8 heteroatoms. The molecule has 1 heterocycles. The van der Waals surface area contributed by atoms with Crippen LogP contribution in [0.2, 0.25) is 10.0 Å². The van der Waals surface area contributed by atoms with Crippen molar-refractivity contribution in [3.63, 3.8) is 0 Å². The van der Waals surface area contributed by atoms with Crippen molar-refractivity contribution >= 4 is 52.2 Å². The molecule has 0 unspecified atom stereocenters. The summed E-state index contributed by atoms with van der Waals surface area (Å²) in [5, 5.41) is 0.312. The number of hydrogen-bond donors (Lipinski definition) is 0. The van der Waals surface area contributed by atoms with Crippen LogP contribution >= 0.6 is 35.0 Å². The van der Waals surface area contributed by atoms with E-state index < -0.39 is 0 Å². The van der Waals surface area contributed by atoms with Gasteiger partial charge in [0.1, 0.15) is 12.4 Å². The molecule has 0 radical (unpaired) electrons. The third kappa shape index (κ3) is 4.58. The summed E-state index contributed by atoms with van der Waals surface area (Å²) in [5.74, 6) is 0.675. The van der Waals surface area contributed by atoms with Gasteiger partial charge in [0.15, 0.2) is 5.75 Å². The summed E-state index contributed by atoms with van der Waals surface area (Å²) in [5.41, 5.74) is 0.608. The molecule has 0 N–H and O–H groups in total. The van der Waals surface area contributed by atoms with Gasteiger partial charge in [-0.3, -0.25) is 14.5 Å². The fourth-order valence-corrected chi connectivity index (χ4v) is 4.00. The Bertz CT molecular complexity index is 879. The molecule has 2 aromatic rings. The van der Waals surface area contributed by atoms with E-state index in [1.54, 1.807) is 18.2 Å². The van der Waals surface area contributed by atoms with Gasteiger partial charge in [-0.25, -0.2) is 0 Å². The number of ether oxygens (including phenoxy) is 2. The average Bonchev–Trinajstić information content (AvgIpc) is 2.90. The van der Waals surface area contributed by atoms with E-state index in [0.717, 1.165) is 16.7 Å². The highest BCUT2D eigenvalue weighted by molar-refractivity contribution is 8.18. The highest BCUT2D eigenvalue weighted by atomic mass is 35.5. The molecular formula is C19H15Cl2NO4S. The Kier molecular flexibility index (Phi) is 6.31. The summed E-state index contributed by atoms with van der Waals surface area (Å²) in [4.78, 5) is 26.1. The molecule has 5 nitrogen and oxygen atoms in total. The first-order valence-electron chi connectivity index (χ1n) is 7.96. The van der Waals surface area contributed by atoms with E-state index in [2.05, 4.69) is 0 Å². The van der Waals surface area contributed by atoms with Gasteiger partial charge in [-0.05, 0) is 47.7 Å². The summed E-state index contributed by atoms with van der Waals surface area (Å²) < 4.78 is 10.7. The van der Waals surface area contributed by atoms with E-state index in [1.165, 1.54) is 7.11 Å². The molecule has 0 aliphatic carbocycles. The summed E-state index contributed by atoms with van der Waals surface area (Å²) >= 11 is 13.1. The van der Waals surface area contributed by atoms with Crippen LogP contribution in [0.1, 0.15) is 5.56 Å². The van der Waals surface area contributed by atoms with Crippen molar-refractivity contribution in [1.82, 2.24) is 4.90 Å². The predicted molar refractivity (Wildman–Crippen MR) is 108 cm³/mol. The summed E-state index contributed by atoms with van der Waals surface area (Å²) in [7, 11) is 1.47. The van der Waals surface area contributed by atoms with Crippen LogP contribution in [0.4, 0.5) is 4.79 Å². The van der Waals surface area contributed by atoms with E-state index in [1.807, 2.05) is 30.3 Å². The quantitative estimate of drug-likeness (QED) is 0.603. The summed E-state index contributed by atoms with van der Waals surface area (Å²) in [6.07, 6.45) is 1.58. The van der Waals surface area contributed by atoms with Crippen LogP contribution in [0, 0.1) is 0 Å². The van der Waals surface area contributed by atoms with Crippen LogP contribution in [0.15, 0.2) is 47.4 Å². The number of carbonyl (C=O) groups is 2. The Morgan fingerprint density at radius 3 is 2.41 bits per heavy atom. The Hall–Kier alpha value is -2.15. The predicted octanol–water partition coefficient (Wildman–Crippen LogP) is 5.12. The van der Waals surface area contributed by atoms with Gasteiger partial charge in [0.25, 0.3) is 11.1 Å². The minimum atomic E-state index is -0.371. The maximum atomic E-state index is 12.5. The number of thioether (sulfide) groups is 1. The summed E-state index contributed by atoms with van der Waals surface area (Å²) in [6.45, 7) is 0.385. The maximum absolute atomic E-state index is 12.5. The standard InChI is InChI=1S/C19H15Cl2NO4S/c1-25-17-14(20)9-12(10-15(17)21)11-16-18(23)22(19(24)27-16)7-8-26-13-5-3-2-4-6-13/h2-6,9-11H,7-8H2,1H3/b16-11-. The molecular weight excluding hydrogens is 409 g/mol. The van der Waals surface area contributed by atoms with Gasteiger partial charge < -0.3 is 9.47 Å². The van der Waals surface area contributed by atoms with Crippen molar-refractivity contribution in [1.29, 1.82) is 0 Å². The largest absolute Gasteiger partial charge is 0.494 e. The number of benzene rings is 2. The van der Waals surface area contributed by atoms with Crippen LogP contribution < -0.4 is 9.47 Å². The van der Waals surface area contributed by atoms with Crippen molar-refractivity contribution in [2.24, 2.45) is 0 Å². The molecule has 1 aliphatic heterocycles. The van der Waals surface area contributed by atoms with Crippen LogP contribution in [0.25, 0.3) is 6.08 Å². The zero-order chi connectivity index (χ0) is 19.4. The van der Waals surface area contributed by atoms with Gasteiger partial charge >= 0.3 is 0 Å². The summed E-state index contributed by atoms with van der Waals surface area (Å²) in [6, 6.07) is 12.5. The van der Waals surface area contributed by atoms with Crippen molar-refractivity contribution < 1.29 is 19.1 Å². The van der Waals surface area contributed by atoms with Crippen LogP contribution in [-0.2, 0) is 4.79 Å². The first-order chi connectivity index (χ1) is 13.0. The lowest BCUT2D eigenvalue weighted by Crippen LogP contribution is -2.32. The number of halogens is 2. The smallest absolute Gasteiger partial charge is 0.293 e. The van der Waals surface area contributed by atoms with Crippen molar-refractivity contribution in [2.45, 2.75) is 0 Å².